The van der Waals surface area contributed by atoms with Crippen LogP contribution in [0.5, 0.6) is 0 Å². The number of benzene rings is 1. The number of carbonyl (C=O) groups is 2. The average Bonchev–Trinajstić information content (AvgIpc) is 2.90. The van der Waals surface area contributed by atoms with Crippen molar-refractivity contribution in [1.29, 1.82) is 0 Å². The monoisotopic (exact) mass is 290 g/mol. The predicted octanol–water partition coefficient (Wildman–Crippen LogP) is 0.961. The van der Waals surface area contributed by atoms with Crippen LogP contribution in [0.3, 0.4) is 0 Å². The first-order valence-corrected chi connectivity index (χ1v) is 7.11. The van der Waals surface area contributed by atoms with Crippen molar-refractivity contribution in [3.8, 4) is 0 Å². The van der Waals surface area contributed by atoms with E-state index in [1.54, 1.807) is 4.90 Å². The number of aliphatic carboxylic acids is 1. The van der Waals surface area contributed by atoms with E-state index >= 15 is 0 Å². The van der Waals surface area contributed by atoms with E-state index in [0.717, 1.165) is 24.5 Å². The van der Waals surface area contributed by atoms with Crippen LogP contribution >= 0.6 is 0 Å². The summed E-state index contributed by atoms with van der Waals surface area (Å²) in [5.41, 5.74) is 1.77. The number of hydrogen-bond donors (Lipinski definition) is 1. The predicted molar refractivity (Wildman–Crippen MR) is 77.6 cm³/mol. The molecule has 0 spiro atoms. The van der Waals surface area contributed by atoms with Gasteiger partial charge in [0.05, 0.1) is 30.5 Å². The lowest BCUT2D eigenvalue weighted by atomic mass is 10.1. The molecule has 0 saturated carbocycles. The maximum Gasteiger partial charge on any atom is 0.308 e. The summed E-state index contributed by atoms with van der Waals surface area (Å²) in [6, 6.07) is 7.67. The van der Waals surface area contributed by atoms with E-state index in [-0.39, 0.29) is 18.9 Å². The van der Waals surface area contributed by atoms with Crippen molar-refractivity contribution in [2.24, 2.45) is 5.92 Å². The lowest BCUT2D eigenvalue weighted by Gasteiger charge is -2.32. The Morgan fingerprint density at radius 2 is 1.86 bits per heavy atom. The van der Waals surface area contributed by atoms with Crippen LogP contribution in [0, 0.1) is 5.92 Å². The van der Waals surface area contributed by atoms with Gasteiger partial charge in [-0.05, 0) is 12.1 Å². The number of carboxylic acid groups (broad SMARTS) is 1. The Bertz CT molecular complexity index is 554. The van der Waals surface area contributed by atoms with E-state index in [4.69, 9.17) is 9.84 Å². The molecule has 0 aromatic heterocycles. The van der Waals surface area contributed by atoms with E-state index in [2.05, 4.69) is 4.90 Å². The minimum Gasteiger partial charge on any atom is -0.481 e. The molecule has 0 aliphatic carbocycles. The Morgan fingerprint density at radius 1 is 1.19 bits per heavy atom. The number of hydrogen-bond acceptors (Lipinski definition) is 4. The first kappa shape index (κ1) is 13.9. The number of anilines is 2. The molecular weight excluding hydrogens is 272 g/mol. The molecule has 0 bridgehead atoms. The van der Waals surface area contributed by atoms with E-state index in [0.29, 0.717) is 13.2 Å². The summed E-state index contributed by atoms with van der Waals surface area (Å²) < 4.78 is 5.36. The Balaban J connectivity index is 1.88. The third kappa shape index (κ3) is 2.71. The van der Waals surface area contributed by atoms with Crippen molar-refractivity contribution < 1.29 is 19.4 Å². The van der Waals surface area contributed by atoms with Crippen LogP contribution in [0.2, 0.25) is 0 Å². The van der Waals surface area contributed by atoms with E-state index in [9.17, 15) is 9.59 Å². The second-order valence-corrected chi connectivity index (χ2v) is 5.33. The van der Waals surface area contributed by atoms with Gasteiger partial charge in [0.1, 0.15) is 0 Å². The van der Waals surface area contributed by atoms with Crippen LogP contribution in [-0.4, -0.2) is 49.8 Å². The first-order chi connectivity index (χ1) is 10.2. The van der Waals surface area contributed by atoms with Gasteiger partial charge in [-0.3, -0.25) is 9.59 Å². The second kappa shape index (κ2) is 5.73. The van der Waals surface area contributed by atoms with Crippen LogP contribution in [0.4, 0.5) is 11.4 Å². The Labute approximate surface area is 122 Å². The summed E-state index contributed by atoms with van der Waals surface area (Å²) in [4.78, 5) is 27.0. The number of amides is 1. The number of carbonyl (C=O) groups excluding carboxylic acids is 1. The summed E-state index contributed by atoms with van der Waals surface area (Å²) in [5.74, 6) is -1.65. The molecule has 2 heterocycles. The molecule has 1 N–H and O–H groups in total. The largest absolute Gasteiger partial charge is 0.481 e. The fourth-order valence-corrected chi connectivity index (χ4v) is 2.87. The zero-order chi connectivity index (χ0) is 14.8. The summed E-state index contributed by atoms with van der Waals surface area (Å²) in [6.07, 6.45) is 0.0762. The maximum absolute atomic E-state index is 12.1. The van der Waals surface area contributed by atoms with Gasteiger partial charge in [0.25, 0.3) is 0 Å². The molecule has 0 radical (unpaired) electrons. The molecule has 21 heavy (non-hydrogen) atoms. The molecule has 0 unspecified atom stereocenters. The number of carboxylic acids is 1. The fourth-order valence-electron chi connectivity index (χ4n) is 2.87. The quantitative estimate of drug-likeness (QED) is 0.898. The first-order valence-electron chi connectivity index (χ1n) is 7.11. The molecule has 1 aromatic rings. The van der Waals surface area contributed by atoms with Crippen molar-refractivity contribution in [2.75, 3.05) is 42.6 Å². The lowest BCUT2D eigenvalue weighted by molar-refractivity contribution is -0.141. The third-order valence-corrected chi connectivity index (χ3v) is 4.00. The molecule has 6 nitrogen and oxygen atoms in total. The Morgan fingerprint density at radius 3 is 2.48 bits per heavy atom. The highest BCUT2D eigenvalue weighted by atomic mass is 16.5. The molecule has 1 aromatic carbocycles. The highest BCUT2D eigenvalue weighted by Gasteiger charge is 2.36. The van der Waals surface area contributed by atoms with Crippen molar-refractivity contribution in [3.05, 3.63) is 24.3 Å². The van der Waals surface area contributed by atoms with Gasteiger partial charge in [-0.25, -0.2) is 0 Å². The Kier molecular flexibility index (Phi) is 3.79. The zero-order valence-electron chi connectivity index (χ0n) is 11.7. The van der Waals surface area contributed by atoms with Crippen molar-refractivity contribution in [2.45, 2.75) is 6.42 Å². The topological polar surface area (TPSA) is 70.1 Å². The van der Waals surface area contributed by atoms with E-state index < -0.39 is 11.9 Å². The lowest BCUT2D eigenvalue weighted by Crippen LogP contribution is -2.38. The molecule has 3 rings (SSSR count). The van der Waals surface area contributed by atoms with Crippen molar-refractivity contribution in [3.63, 3.8) is 0 Å². The average molecular weight is 290 g/mol. The minimum absolute atomic E-state index is 0.0762. The van der Waals surface area contributed by atoms with Gasteiger partial charge in [0, 0.05) is 26.1 Å². The number of para-hydroxylation sites is 2. The summed E-state index contributed by atoms with van der Waals surface area (Å²) in [5, 5.41) is 9.11. The molecular formula is C15H18N2O4. The van der Waals surface area contributed by atoms with Crippen molar-refractivity contribution >= 4 is 23.3 Å². The number of morpholine rings is 1. The SMILES string of the molecule is O=C(O)[C@H]1CC(=O)N(c2ccccc2N2CCOCC2)C1. The standard InChI is InChI=1S/C15H18N2O4/c18-14-9-11(15(19)20)10-17(14)13-4-2-1-3-12(13)16-5-7-21-8-6-16/h1-4,11H,5-10H2,(H,19,20)/t11-/m0/s1. The summed E-state index contributed by atoms with van der Waals surface area (Å²) in [6.45, 7) is 3.14. The van der Waals surface area contributed by atoms with E-state index in [1.807, 2.05) is 24.3 Å². The van der Waals surface area contributed by atoms with Gasteiger partial charge < -0.3 is 19.6 Å². The highest BCUT2D eigenvalue weighted by Crippen LogP contribution is 2.34. The van der Waals surface area contributed by atoms with Gasteiger partial charge in [-0.15, -0.1) is 0 Å². The smallest absolute Gasteiger partial charge is 0.308 e. The fraction of sp³-hybridized carbons (Fsp3) is 0.467. The van der Waals surface area contributed by atoms with Gasteiger partial charge in [0.15, 0.2) is 0 Å². The van der Waals surface area contributed by atoms with Crippen LogP contribution in [0.25, 0.3) is 0 Å². The molecule has 2 aliphatic rings. The Hall–Kier alpha value is -2.08. The molecule has 2 fully saturated rings. The van der Waals surface area contributed by atoms with Gasteiger partial charge in [-0.1, -0.05) is 12.1 Å². The zero-order valence-corrected chi connectivity index (χ0v) is 11.7. The summed E-state index contributed by atoms with van der Waals surface area (Å²) >= 11 is 0. The highest BCUT2D eigenvalue weighted by molar-refractivity contribution is 6.01. The van der Waals surface area contributed by atoms with Crippen LogP contribution in [0.1, 0.15) is 6.42 Å². The molecule has 1 atom stereocenters. The number of rotatable bonds is 3. The molecule has 112 valence electrons. The van der Waals surface area contributed by atoms with E-state index in [1.165, 1.54) is 0 Å². The molecule has 2 aliphatic heterocycles. The van der Waals surface area contributed by atoms with Crippen LogP contribution in [-0.2, 0) is 14.3 Å². The second-order valence-electron chi connectivity index (χ2n) is 5.33. The van der Waals surface area contributed by atoms with Crippen LogP contribution in [0.15, 0.2) is 24.3 Å². The summed E-state index contributed by atoms with van der Waals surface area (Å²) in [7, 11) is 0. The molecule has 6 heteroatoms. The number of ether oxygens (including phenoxy) is 1. The van der Waals surface area contributed by atoms with Gasteiger partial charge >= 0.3 is 5.97 Å². The van der Waals surface area contributed by atoms with Gasteiger partial charge in [0.2, 0.25) is 5.91 Å². The maximum atomic E-state index is 12.1. The van der Waals surface area contributed by atoms with Gasteiger partial charge in [-0.2, -0.15) is 0 Å². The van der Waals surface area contributed by atoms with Crippen LogP contribution < -0.4 is 9.80 Å². The molecule has 1 amide bonds. The molecule has 2 saturated heterocycles. The third-order valence-electron chi connectivity index (χ3n) is 4.00. The normalized spacial score (nSPS) is 22.7. The minimum atomic E-state index is -0.908. The number of nitrogens with zero attached hydrogens (tertiary/aromatic N) is 2. The van der Waals surface area contributed by atoms with Crippen molar-refractivity contribution in [1.82, 2.24) is 0 Å².